The van der Waals surface area contributed by atoms with Crippen LogP contribution < -0.4 is 26.2 Å². The molecule has 12 heteroatoms. The fraction of sp³-hybridized carbons (Fsp3) is 0.238. The van der Waals surface area contributed by atoms with Crippen LogP contribution in [0.4, 0.5) is 11.4 Å². The van der Waals surface area contributed by atoms with E-state index >= 15 is 0 Å². The van der Waals surface area contributed by atoms with Crippen molar-refractivity contribution in [2.24, 2.45) is 0 Å². The lowest BCUT2D eigenvalue weighted by atomic mass is 10.1. The average Bonchev–Trinajstić information content (AvgIpc) is 2.77. The number of carbonyl (C=O) groups excluding carboxylic acids is 3. The van der Waals surface area contributed by atoms with Gasteiger partial charge in [0.25, 0.3) is 11.6 Å². The van der Waals surface area contributed by atoms with E-state index in [1.807, 2.05) is 26.0 Å². The average molecular weight is 474 g/mol. The number of carbonyl (C=O) groups is 3. The van der Waals surface area contributed by atoms with Crippen LogP contribution in [-0.4, -0.2) is 34.4 Å². The highest BCUT2D eigenvalue weighted by Gasteiger charge is 2.10. The molecule has 2 aromatic carbocycles. The van der Waals surface area contributed by atoms with Gasteiger partial charge in [0.2, 0.25) is 11.8 Å². The molecule has 0 saturated heterocycles. The third-order valence-corrected chi connectivity index (χ3v) is 4.56. The first kappa shape index (κ1) is 25.2. The Morgan fingerprint density at radius 2 is 1.61 bits per heavy atom. The third kappa shape index (κ3) is 8.91. The number of nitrogens with zero attached hydrogens (tertiary/aromatic N) is 1. The highest BCUT2D eigenvalue weighted by atomic mass is 32.1. The minimum Gasteiger partial charge on any atom is -0.484 e. The summed E-state index contributed by atoms with van der Waals surface area (Å²) in [6, 6.07) is 10.7. The van der Waals surface area contributed by atoms with E-state index in [-0.39, 0.29) is 35.3 Å². The molecule has 0 unspecified atom stereocenters. The Labute approximate surface area is 195 Å². The van der Waals surface area contributed by atoms with Crippen molar-refractivity contribution in [2.45, 2.75) is 26.7 Å². The lowest BCUT2D eigenvalue weighted by Crippen LogP contribution is -2.49. The smallest absolute Gasteiger partial charge is 0.269 e. The lowest BCUT2D eigenvalue weighted by Gasteiger charge is -2.11. The summed E-state index contributed by atoms with van der Waals surface area (Å²) >= 11 is 4.90. The molecule has 11 nitrogen and oxygen atoms in total. The summed E-state index contributed by atoms with van der Waals surface area (Å²) < 4.78 is 5.20. The molecule has 0 saturated carbocycles. The molecular weight excluding hydrogens is 450 g/mol. The van der Waals surface area contributed by atoms with Gasteiger partial charge in [0.05, 0.1) is 4.92 Å². The molecule has 3 amide bonds. The number of ether oxygens (including phenoxy) is 1. The Morgan fingerprint density at radius 1 is 0.939 bits per heavy atom. The number of nitro benzene ring substituents is 1. The van der Waals surface area contributed by atoms with Crippen LogP contribution >= 0.6 is 12.2 Å². The molecule has 0 spiro atoms. The summed E-state index contributed by atoms with van der Waals surface area (Å²) in [6.45, 7) is 3.51. The van der Waals surface area contributed by atoms with Crippen molar-refractivity contribution in [3.63, 3.8) is 0 Å². The van der Waals surface area contributed by atoms with Crippen molar-refractivity contribution in [2.75, 3.05) is 11.9 Å². The molecule has 33 heavy (non-hydrogen) atoms. The first-order valence-corrected chi connectivity index (χ1v) is 10.2. The fourth-order valence-corrected chi connectivity index (χ4v) is 2.63. The maximum atomic E-state index is 12.0. The van der Waals surface area contributed by atoms with Gasteiger partial charge in [-0.05, 0) is 61.5 Å². The molecule has 0 fully saturated rings. The van der Waals surface area contributed by atoms with Gasteiger partial charge in [-0.3, -0.25) is 40.7 Å². The fourth-order valence-electron chi connectivity index (χ4n) is 2.47. The zero-order valence-electron chi connectivity index (χ0n) is 18.0. The largest absolute Gasteiger partial charge is 0.484 e. The molecule has 0 aliphatic rings. The van der Waals surface area contributed by atoms with Gasteiger partial charge in [-0.15, -0.1) is 0 Å². The first-order valence-electron chi connectivity index (χ1n) is 9.77. The van der Waals surface area contributed by atoms with E-state index in [4.69, 9.17) is 17.0 Å². The van der Waals surface area contributed by atoms with Crippen molar-refractivity contribution >= 4 is 46.4 Å². The molecule has 0 aliphatic carbocycles. The van der Waals surface area contributed by atoms with Gasteiger partial charge in [-0.1, -0.05) is 6.07 Å². The molecule has 0 heterocycles. The molecular formula is C21H23N5O6S. The minimum absolute atomic E-state index is 0.0391. The molecule has 2 rings (SSSR count). The quantitative estimate of drug-likeness (QED) is 0.258. The van der Waals surface area contributed by atoms with Crippen LogP contribution in [0, 0.1) is 24.0 Å². The number of non-ortho nitro benzene ring substituents is 1. The number of amides is 3. The number of thiocarbonyl (C=S) groups is 1. The highest BCUT2D eigenvalue weighted by molar-refractivity contribution is 7.80. The number of anilines is 1. The number of benzene rings is 2. The molecule has 174 valence electrons. The number of hydrazine groups is 1. The second-order valence-electron chi connectivity index (χ2n) is 6.94. The Balaban J connectivity index is 1.64. The van der Waals surface area contributed by atoms with Crippen LogP contribution in [-0.2, 0) is 14.4 Å². The minimum atomic E-state index is -0.604. The number of nitro groups is 1. The number of nitrogens with one attached hydrogen (secondary N) is 4. The van der Waals surface area contributed by atoms with E-state index < -0.39 is 23.3 Å². The van der Waals surface area contributed by atoms with Crippen LogP contribution in [0.2, 0.25) is 0 Å². The zero-order valence-corrected chi connectivity index (χ0v) is 18.8. The predicted molar refractivity (Wildman–Crippen MR) is 124 cm³/mol. The molecule has 0 aliphatic heterocycles. The second-order valence-corrected chi connectivity index (χ2v) is 7.35. The summed E-state index contributed by atoms with van der Waals surface area (Å²) in [5.74, 6) is -1.15. The number of hydrogen-bond acceptors (Lipinski definition) is 7. The van der Waals surface area contributed by atoms with Gasteiger partial charge in [0, 0.05) is 30.7 Å². The van der Waals surface area contributed by atoms with Gasteiger partial charge in [0.1, 0.15) is 5.75 Å². The maximum Gasteiger partial charge on any atom is 0.269 e. The molecule has 0 bridgehead atoms. The topological polar surface area (TPSA) is 152 Å². The van der Waals surface area contributed by atoms with Crippen LogP contribution in [0.1, 0.15) is 24.0 Å². The molecule has 4 N–H and O–H groups in total. The summed E-state index contributed by atoms with van der Waals surface area (Å²) in [7, 11) is 0. The van der Waals surface area contributed by atoms with Crippen molar-refractivity contribution in [3.8, 4) is 5.75 Å². The summed E-state index contributed by atoms with van der Waals surface area (Å²) in [6.07, 6.45) is -0.133. The van der Waals surface area contributed by atoms with Gasteiger partial charge in [0.15, 0.2) is 11.7 Å². The SMILES string of the molecule is Cc1ccc(NC(=O)CCC(=O)NNC(=S)NC(=O)COc2ccc([N+](=O)[O-])cc2)cc1C. The molecule has 0 aromatic heterocycles. The monoisotopic (exact) mass is 473 g/mol. The Hall–Kier alpha value is -4.06. The number of rotatable bonds is 8. The van der Waals surface area contributed by atoms with Crippen molar-refractivity contribution in [1.82, 2.24) is 16.2 Å². The van der Waals surface area contributed by atoms with E-state index in [9.17, 15) is 24.5 Å². The van der Waals surface area contributed by atoms with Gasteiger partial charge in [-0.25, -0.2) is 0 Å². The number of aryl methyl sites for hydroxylation is 2. The van der Waals surface area contributed by atoms with Crippen molar-refractivity contribution in [1.29, 1.82) is 0 Å². The van der Waals surface area contributed by atoms with E-state index in [0.29, 0.717) is 5.69 Å². The molecule has 0 radical (unpaired) electrons. The maximum absolute atomic E-state index is 12.0. The van der Waals surface area contributed by atoms with Gasteiger partial charge < -0.3 is 10.1 Å². The summed E-state index contributed by atoms with van der Waals surface area (Å²) in [4.78, 5) is 45.8. The summed E-state index contributed by atoms with van der Waals surface area (Å²) in [5, 5.41) is 15.5. The highest BCUT2D eigenvalue weighted by Crippen LogP contribution is 2.17. The van der Waals surface area contributed by atoms with E-state index in [1.165, 1.54) is 24.3 Å². The normalized spacial score (nSPS) is 10.0. The van der Waals surface area contributed by atoms with Gasteiger partial charge >= 0.3 is 0 Å². The second kappa shape index (κ2) is 12.1. The first-order chi connectivity index (χ1) is 15.6. The Kier molecular flexibility index (Phi) is 9.24. The third-order valence-electron chi connectivity index (χ3n) is 4.36. The van der Waals surface area contributed by atoms with E-state index in [2.05, 4.69) is 21.5 Å². The lowest BCUT2D eigenvalue weighted by molar-refractivity contribution is -0.384. The Bertz CT molecular complexity index is 1060. The number of hydrogen-bond donors (Lipinski definition) is 4. The van der Waals surface area contributed by atoms with Crippen molar-refractivity contribution in [3.05, 3.63) is 63.7 Å². The van der Waals surface area contributed by atoms with E-state index in [0.717, 1.165) is 11.1 Å². The van der Waals surface area contributed by atoms with Gasteiger partial charge in [-0.2, -0.15) is 0 Å². The van der Waals surface area contributed by atoms with Crippen LogP contribution in [0.15, 0.2) is 42.5 Å². The van der Waals surface area contributed by atoms with Crippen LogP contribution in [0.5, 0.6) is 5.75 Å². The van der Waals surface area contributed by atoms with Crippen LogP contribution in [0.3, 0.4) is 0 Å². The predicted octanol–water partition coefficient (Wildman–Crippen LogP) is 2.03. The molecule has 2 aromatic rings. The summed E-state index contributed by atoms with van der Waals surface area (Å²) in [5.41, 5.74) is 7.35. The Morgan fingerprint density at radius 3 is 2.24 bits per heavy atom. The molecule has 0 atom stereocenters. The van der Waals surface area contributed by atoms with Crippen LogP contribution in [0.25, 0.3) is 0 Å². The standard InChI is InChI=1S/C21H23N5O6S/c1-13-3-4-15(11-14(13)2)22-18(27)9-10-19(28)24-25-21(33)23-20(29)12-32-17-7-5-16(6-8-17)26(30)31/h3-8,11H,9-10,12H2,1-2H3,(H,22,27)(H,24,28)(H2,23,25,29,33). The van der Waals surface area contributed by atoms with E-state index in [1.54, 1.807) is 6.07 Å². The van der Waals surface area contributed by atoms with Crippen molar-refractivity contribution < 1.29 is 24.0 Å². The zero-order chi connectivity index (χ0) is 24.4.